The minimum Gasteiger partial charge on any atom is -0.478 e. The third-order valence-corrected chi connectivity index (χ3v) is 2.46. The van der Waals surface area contributed by atoms with E-state index in [1.54, 1.807) is 30.5 Å². The van der Waals surface area contributed by atoms with E-state index in [-0.39, 0.29) is 5.56 Å². The second-order valence-corrected chi connectivity index (χ2v) is 4.16. The summed E-state index contributed by atoms with van der Waals surface area (Å²) >= 11 is 3.26. The number of aromatic carboxylic acids is 1. The van der Waals surface area contributed by atoms with Crippen LogP contribution in [0.5, 0.6) is 11.5 Å². The number of pyridine rings is 1. The Labute approximate surface area is 106 Å². The summed E-state index contributed by atoms with van der Waals surface area (Å²) in [4.78, 5) is 14.9. The van der Waals surface area contributed by atoms with Gasteiger partial charge in [-0.25, -0.2) is 4.79 Å². The van der Waals surface area contributed by atoms with Crippen LogP contribution in [0.2, 0.25) is 0 Å². The number of aromatic nitrogens is 1. The SMILES string of the molecule is O=C(O)c1ccccc1Oc1cncc(Br)c1. The highest BCUT2D eigenvalue weighted by Crippen LogP contribution is 2.26. The number of para-hydroxylation sites is 1. The fourth-order valence-electron chi connectivity index (χ4n) is 1.31. The van der Waals surface area contributed by atoms with Gasteiger partial charge in [0, 0.05) is 10.7 Å². The van der Waals surface area contributed by atoms with Gasteiger partial charge >= 0.3 is 5.97 Å². The Hall–Kier alpha value is -1.88. The van der Waals surface area contributed by atoms with E-state index < -0.39 is 5.97 Å². The highest BCUT2D eigenvalue weighted by molar-refractivity contribution is 9.10. The lowest BCUT2D eigenvalue weighted by Gasteiger charge is -2.07. The standard InChI is InChI=1S/C12H8BrNO3/c13-8-5-9(7-14-6-8)17-11-4-2-1-3-10(11)12(15)16/h1-7H,(H,15,16). The molecule has 1 aromatic carbocycles. The van der Waals surface area contributed by atoms with Crippen molar-refractivity contribution in [2.45, 2.75) is 0 Å². The molecular formula is C12H8BrNO3. The van der Waals surface area contributed by atoms with Gasteiger partial charge in [-0.1, -0.05) is 12.1 Å². The largest absolute Gasteiger partial charge is 0.478 e. The van der Waals surface area contributed by atoms with Crippen LogP contribution in [-0.2, 0) is 0 Å². The van der Waals surface area contributed by atoms with Crippen LogP contribution in [0.25, 0.3) is 0 Å². The van der Waals surface area contributed by atoms with Crippen molar-refractivity contribution in [1.29, 1.82) is 0 Å². The van der Waals surface area contributed by atoms with E-state index in [4.69, 9.17) is 9.84 Å². The van der Waals surface area contributed by atoms with Gasteiger partial charge in [0.2, 0.25) is 0 Å². The number of carboxylic acids is 1. The zero-order valence-corrected chi connectivity index (χ0v) is 10.2. The van der Waals surface area contributed by atoms with Gasteiger partial charge in [-0.3, -0.25) is 4.98 Å². The molecule has 17 heavy (non-hydrogen) atoms. The molecule has 0 spiro atoms. The second-order valence-electron chi connectivity index (χ2n) is 3.24. The third-order valence-electron chi connectivity index (χ3n) is 2.03. The number of benzene rings is 1. The molecule has 1 N–H and O–H groups in total. The summed E-state index contributed by atoms with van der Waals surface area (Å²) in [5.74, 6) is -0.253. The maximum atomic E-state index is 11.0. The Morgan fingerprint density at radius 3 is 2.76 bits per heavy atom. The highest BCUT2D eigenvalue weighted by atomic mass is 79.9. The number of ether oxygens (including phenoxy) is 1. The predicted octanol–water partition coefficient (Wildman–Crippen LogP) is 3.33. The van der Waals surface area contributed by atoms with E-state index in [9.17, 15) is 4.79 Å². The molecule has 1 aromatic heterocycles. The molecular weight excluding hydrogens is 286 g/mol. The summed E-state index contributed by atoms with van der Waals surface area (Å²) in [6, 6.07) is 8.17. The number of rotatable bonds is 3. The first kappa shape index (κ1) is 11.6. The molecule has 0 aliphatic carbocycles. The monoisotopic (exact) mass is 293 g/mol. The lowest BCUT2D eigenvalue weighted by atomic mass is 10.2. The molecule has 4 nitrogen and oxygen atoms in total. The molecule has 0 atom stereocenters. The summed E-state index contributed by atoms with van der Waals surface area (Å²) in [5.41, 5.74) is 0.118. The summed E-state index contributed by atoms with van der Waals surface area (Å²) < 4.78 is 6.24. The van der Waals surface area contributed by atoms with Crippen LogP contribution in [0.1, 0.15) is 10.4 Å². The van der Waals surface area contributed by atoms with E-state index in [1.165, 1.54) is 12.3 Å². The lowest BCUT2D eigenvalue weighted by molar-refractivity contribution is 0.0694. The fourth-order valence-corrected chi connectivity index (χ4v) is 1.65. The van der Waals surface area contributed by atoms with Gasteiger partial charge in [-0.2, -0.15) is 0 Å². The van der Waals surface area contributed by atoms with E-state index in [0.717, 1.165) is 4.47 Å². The number of hydrogen-bond donors (Lipinski definition) is 1. The van der Waals surface area contributed by atoms with Gasteiger partial charge in [0.15, 0.2) is 0 Å². The first-order valence-electron chi connectivity index (χ1n) is 4.77. The van der Waals surface area contributed by atoms with Crippen LogP contribution in [0, 0.1) is 0 Å². The summed E-state index contributed by atoms with van der Waals surface area (Å²) in [6.07, 6.45) is 3.14. The third kappa shape index (κ3) is 2.82. The molecule has 0 aliphatic rings. The first-order chi connectivity index (χ1) is 8.16. The summed E-state index contributed by atoms with van der Waals surface area (Å²) in [7, 11) is 0. The maximum Gasteiger partial charge on any atom is 0.339 e. The van der Waals surface area contributed by atoms with E-state index in [1.807, 2.05) is 0 Å². The fraction of sp³-hybridized carbons (Fsp3) is 0. The van der Waals surface area contributed by atoms with Crippen LogP contribution in [-0.4, -0.2) is 16.1 Å². The lowest BCUT2D eigenvalue weighted by Crippen LogP contribution is -1.99. The Kier molecular flexibility index (Phi) is 3.39. The minimum atomic E-state index is -1.02. The molecule has 0 saturated heterocycles. The van der Waals surface area contributed by atoms with Crippen molar-refractivity contribution in [3.05, 3.63) is 52.8 Å². The molecule has 5 heteroatoms. The minimum absolute atomic E-state index is 0.118. The topological polar surface area (TPSA) is 59.4 Å². The average Bonchev–Trinajstić information content (AvgIpc) is 2.29. The van der Waals surface area contributed by atoms with Crippen molar-refractivity contribution < 1.29 is 14.6 Å². The van der Waals surface area contributed by atoms with Gasteiger partial charge in [-0.05, 0) is 34.1 Å². The van der Waals surface area contributed by atoms with E-state index in [0.29, 0.717) is 11.5 Å². The number of carboxylic acid groups (broad SMARTS) is 1. The van der Waals surface area contributed by atoms with E-state index in [2.05, 4.69) is 20.9 Å². The molecule has 0 radical (unpaired) electrons. The van der Waals surface area contributed by atoms with Crippen LogP contribution >= 0.6 is 15.9 Å². The zero-order valence-electron chi connectivity index (χ0n) is 8.63. The van der Waals surface area contributed by atoms with Crippen LogP contribution in [0.15, 0.2) is 47.2 Å². The van der Waals surface area contributed by atoms with Gasteiger partial charge in [0.05, 0.1) is 6.20 Å². The molecule has 0 amide bonds. The molecule has 0 fully saturated rings. The maximum absolute atomic E-state index is 11.0. The molecule has 86 valence electrons. The van der Waals surface area contributed by atoms with Crippen LogP contribution in [0.4, 0.5) is 0 Å². The number of halogens is 1. The van der Waals surface area contributed by atoms with Crippen molar-refractivity contribution in [3.63, 3.8) is 0 Å². The van der Waals surface area contributed by atoms with Crippen molar-refractivity contribution in [2.75, 3.05) is 0 Å². The smallest absolute Gasteiger partial charge is 0.339 e. The Morgan fingerprint density at radius 2 is 2.06 bits per heavy atom. The predicted molar refractivity (Wildman–Crippen MR) is 65.4 cm³/mol. The molecule has 0 saturated carbocycles. The first-order valence-corrected chi connectivity index (χ1v) is 5.57. The number of hydrogen-bond acceptors (Lipinski definition) is 3. The highest BCUT2D eigenvalue weighted by Gasteiger charge is 2.10. The second kappa shape index (κ2) is 4.97. The van der Waals surface area contributed by atoms with Crippen LogP contribution < -0.4 is 4.74 Å². The van der Waals surface area contributed by atoms with Crippen molar-refractivity contribution in [1.82, 2.24) is 4.98 Å². The number of carbonyl (C=O) groups is 1. The Morgan fingerprint density at radius 1 is 1.29 bits per heavy atom. The molecule has 0 aliphatic heterocycles. The Bertz CT molecular complexity index is 557. The van der Waals surface area contributed by atoms with E-state index >= 15 is 0 Å². The van der Waals surface area contributed by atoms with Crippen molar-refractivity contribution in [2.24, 2.45) is 0 Å². The quantitative estimate of drug-likeness (QED) is 0.943. The summed E-state index contributed by atoms with van der Waals surface area (Å²) in [5, 5.41) is 8.99. The number of nitrogens with zero attached hydrogens (tertiary/aromatic N) is 1. The molecule has 2 rings (SSSR count). The van der Waals surface area contributed by atoms with Gasteiger partial charge < -0.3 is 9.84 Å². The molecule has 0 bridgehead atoms. The normalized spacial score (nSPS) is 9.94. The van der Waals surface area contributed by atoms with Gasteiger partial charge in [0.25, 0.3) is 0 Å². The van der Waals surface area contributed by atoms with Crippen molar-refractivity contribution >= 4 is 21.9 Å². The summed E-state index contributed by atoms with van der Waals surface area (Å²) in [6.45, 7) is 0. The van der Waals surface area contributed by atoms with Crippen molar-refractivity contribution in [3.8, 4) is 11.5 Å². The average molecular weight is 294 g/mol. The van der Waals surface area contributed by atoms with Crippen LogP contribution in [0.3, 0.4) is 0 Å². The molecule has 1 heterocycles. The molecule has 0 unspecified atom stereocenters. The van der Waals surface area contributed by atoms with Gasteiger partial charge in [-0.15, -0.1) is 0 Å². The Balaban J connectivity index is 2.33. The molecule has 2 aromatic rings. The van der Waals surface area contributed by atoms with Gasteiger partial charge in [0.1, 0.15) is 17.1 Å². The zero-order chi connectivity index (χ0) is 12.3.